The number of nitrogens with zero attached hydrogens (tertiary/aromatic N) is 3. The van der Waals surface area contributed by atoms with Crippen LogP contribution in [-0.2, 0) is 6.18 Å². The molecule has 0 spiro atoms. The van der Waals surface area contributed by atoms with Crippen LogP contribution in [0.15, 0.2) is 16.9 Å². The summed E-state index contributed by atoms with van der Waals surface area (Å²) in [4.78, 5) is 12.2. The molecule has 120 valence electrons. The van der Waals surface area contributed by atoms with Crippen molar-refractivity contribution < 1.29 is 13.2 Å². The van der Waals surface area contributed by atoms with Gasteiger partial charge in [-0.3, -0.25) is 4.57 Å². The van der Waals surface area contributed by atoms with Crippen LogP contribution in [0.4, 0.5) is 13.2 Å². The van der Waals surface area contributed by atoms with Crippen molar-refractivity contribution in [3.63, 3.8) is 0 Å². The number of benzene rings is 1. The van der Waals surface area contributed by atoms with Gasteiger partial charge in [-0.2, -0.15) is 17.9 Å². The molecule has 4 nitrogen and oxygen atoms in total. The van der Waals surface area contributed by atoms with Gasteiger partial charge >= 0.3 is 11.9 Å². The molecule has 0 atom stereocenters. The van der Waals surface area contributed by atoms with Gasteiger partial charge in [0.15, 0.2) is 0 Å². The molecular weight excluding hydrogens is 366 g/mol. The van der Waals surface area contributed by atoms with Crippen molar-refractivity contribution in [2.45, 2.75) is 26.1 Å². The van der Waals surface area contributed by atoms with Crippen LogP contribution in [0, 0.1) is 0 Å². The Balaban J connectivity index is 2.76. The zero-order chi connectivity index (χ0) is 16.8. The molecule has 0 unspecified atom stereocenters. The lowest BCUT2D eigenvalue weighted by Gasteiger charge is -2.10. The third-order valence-electron chi connectivity index (χ3n) is 2.79. The van der Waals surface area contributed by atoms with Gasteiger partial charge in [0.2, 0.25) is 5.82 Å². The van der Waals surface area contributed by atoms with Crippen molar-refractivity contribution in [1.29, 1.82) is 0 Å². The summed E-state index contributed by atoms with van der Waals surface area (Å²) in [6, 6.07) is 1.71. The molecule has 0 aliphatic rings. The van der Waals surface area contributed by atoms with Crippen LogP contribution < -0.4 is 5.69 Å². The normalized spacial score (nSPS) is 12.2. The van der Waals surface area contributed by atoms with E-state index in [1.165, 1.54) is 26.0 Å². The Hall–Kier alpha value is -1.18. The molecular formula is C12H9Cl3F3N3O. The molecule has 0 bridgehead atoms. The first-order chi connectivity index (χ1) is 10.0. The van der Waals surface area contributed by atoms with E-state index < -0.39 is 23.7 Å². The highest BCUT2D eigenvalue weighted by molar-refractivity contribution is 6.48. The SMILES string of the molecule is CC(C)n1c(C(F)(F)F)nn(-c2cc(Cl)c(Cl)c(Cl)c2)c1=O. The van der Waals surface area contributed by atoms with Crippen molar-refractivity contribution in [3.05, 3.63) is 43.5 Å². The largest absolute Gasteiger partial charge is 0.451 e. The van der Waals surface area contributed by atoms with Crippen molar-refractivity contribution >= 4 is 34.8 Å². The average Bonchev–Trinajstić information content (AvgIpc) is 2.73. The Bertz CT molecular complexity index is 757. The second kappa shape index (κ2) is 5.79. The van der Waals surface area contributed by atoms with Crippen LogP contribution in [0.5, 0.6) is 0 Å². The van der Waals surface area contributed by atoms with Crippen LogP contribution in [-0.4, -0.2) is 14.3 Å². The Morgan fingerprint density at radius 3 is 2.00 bits per heavy atom. The zero-order valence-corrected chi connectivity index (χ0v) is 13.5. The van der Waals surface area contributed by atoms with E-state index in [1.807, 2.05) is 0 Å². The molecule has 0 radical (unpaired) electrons. The van der Waals surface area contributed by atoms with Gasteiger partial charge in [-0.1, -0.05) is 34.8 Å². The summed E-state index contributed by atoms with van der Waals surface area (Å²) in [7, 11) is 0. The summed E-state index contributed by atoms with van der Waals surface area (Å²) >= 11 is 17.4. The van der Waals surface area contributed by atoms with Crippen molar-refractivity contribution in [3.8, 4) is 5.69 Å². The van der Waals surface area contributed by atoms with E-state index in [0.717, 1.165) is 0 Å². The van der Waals surface area contributed by atoms with Gasteiger partial charge in [0.25, 0.3) is 0 Å². The van der Waals surface area contributed by atoms with E-state index >= 15 is 0 Å². The maximum Gasteiger partial charge on any atom is 0.451 e. The summed E-state index contributed by atoms with van der Waals surface area (Å²) in [5, 5.41) is 3.41. The van der Waals surface area contributed by atoms with Gasteiger partial charge in [0.05, 0.1) is 20.8 Å². The van der Waals surface area contributed by atoms with Gasteiger partial charge < -0.3 is 0 Å². The van der Waals surface area contributed by atoms with Gasteiger partial charge in [-0.25, -0.2) is 4.79 Å². The summed E-state index contributed by atoms with van der Waals surface area (Å²) in [6.07, 6.45) is -4.77. The van der Waals surface area contributed by atoms with Crippen molar-refractivity contribution in [2.75, 3.05) is 0 Å². The van der Waals surface area contributed by atoms with E-state index in [9.17, 15) is 18.0 Å². The van der Waals surface area contributed by atoms with Crippen LogP contribution in [0.1, 0.15) is 25.7 Å². The van der Waals surface area contributed by atoms with Gasteiger partial charge in [0, 0.05) is 6.04 Å². The van der Waals surface area contributed by atoms with Crippen molar-refractivity contribution in [2.24, 2.45) is 0 Å². The van der Waals surface area contributed by atoms with E-state index in [-0.39, 0.29) is 20.8 Å². The standard InChI is InChI=1S/C12H9Cl3F3N3O/c1-5(2)20-10(12(16,17)18)19-21(11(20)22)6-3-7(13)9(15)8(14)4-6/h3-5H,1-2H3. The molecule has 0 saturated heterocycles. The highest BCUT2D eigenvalue weighted by atomic mass is 35.5. The first-order valence-electron chi connectivity index (χ1n) is 5.97. The number of hydrogen-bond donors (Lipinski definition) is 0. The summed E-state index contributed by atoms with van der Waals surface area (Å²) in [5.41, 5.74) is -0.953. The lowest BCUT2D eigenvalue weighted by atomic mass is 10.3. The summed E-state index contributed by atoms with van der Waals surface area (Å²) in [5.74, 6) is -1.30. The molecule has 0 aliphatic carbocycles. The fraction of sp³-hybridized carbons (Fsp3) is 0.333. The number of rotatable bonds is 2. The first-order valence-corrected chi connectivity index (χ1v) is 7.11. The molecule has 2 rings (SSSR count). The quantitative estimate of drug-likeness (QED) is 0.721. The molecule has 10 heteroatoms. The highest BCUT2D eigenvalue weighted by Crippen LogP contribution is 2.33. The van der Waals surface area contributed by atoms with Gasteiger partial charge in [0.1, 0.15) is 0 Å². The summed E-state index contributed by atoms with van der Waals surface area (Å²) in [6.45, 7) is 2.90. The maximum atomic E-state index is 13.0. The minimum absolute atomic E-state index is 0.00345. The predicted octanol–water partition coefficient (Wildman–Crippen LogP) is 4.59. The minimum Gasteiger partial charge on any atom is -0.268 e. The molecule has 0 fully saturated rings. The second-order valence-electron chi connectivity index (χ2n) is 4.70. The molecule has 1 aromatic heterocycles. The molecule has 2 aromatic rings. The second-order valence-corrected chi connectivity index (χ2v) is 5.90. The monoisotopic (exact) mass is 373 g/mol. The van der Waals surface area contributed by atoms with Crippen LogP contribution >= 0.6 is 34.8 Å². The smallest absolute Gasteiger partial charge is 0.268 e. The summed E-state index contributed by atoms with van der Waals surface area (Å²) < 4.78 is 40.2. The van der Waals surface area contributed by atoms with E-state index in [1.54, 1.807) is 0 Å². The van der Waals surface area contributed by atoms with Crippen LogP contribution in [0.25, 0.3) is 5.69 Å². The topological polar surface area (TPSA) is 39.8 Å². The first kappa shape index (κ1) is 17.2. The van der Waals surface area contributed by atoms with Crippen molar-refractivity contribution in [1.82, 2.24) is 14.3 Å². The molecule has 22 heavy (non-hydrogen) atoms. The Labute approximate surface area is 138 Å². The van der Waals surface area contributed by atoms with E-state index in [0.29, 0.717) is 9.25 Å². The number of aromatic nitrogens is 3. The fourth-order valence-corrected chi connectivity index (χ4v) is 2.45. The number of hydrogen-bond acceptors (Lipinski definition) is 2. The number of alkyl halides is 3. The zero-order valence-electron chi connectivity index (χ0n) is 11.2. The van der Waals surface area contributed by atoms with Crippen LogP contribution in [0.2, 0.25) is 15.1 Å². The van der Waals surface area contributed by atoms with Gasteiger partial charge in [-0.15, -0.1) is 5.10 Å². The lowest BCUT2D eigenvalue weighted by molar-refractivity contribution is -0.148. The third-order valence-corrected chi connectivity index (χ3v) is 3.99. The maximum absolute atomic E-state index is 13.0. The molecule has 1 aromatic carbocycles. The Morgan fingerprint density at radius 2 is 1.64 bits per heavy atom. The average molecular weight is 375 g/mol. The Morgan fingerprint density at radius 1 is 1.14 bits per heavy atom. The minimum atomic E-state index is -4.77. The van der Waals surface area contributed by atoms with Crippen LogP contribution in [0.3, 0.4) is 0 Å². The molecule has 0 N–H and O–H groups in total. The van der Waals surface area contributed by atoms with E-state index in [2.05, 4.69) is 5.10 Å². The highest BCUT2D eigenvalue weighted by Gasteiger charge is 2.39. The fourth-order valence-electron chi connectivity index (χ4n) is 1.87. The molecule has 0 saturated carbocycles. The number of halogens is 6. The molecule has 0 amide bonds. The predicted molar refractivity (Wildman–Crippen MR) is 78.2 cm³/mol. The third kappa shape index (κ3) is 2.98. The van der Waals surface area contributed by atoms with E-state index in [4.69, 9.17) is 34.8 Å². The van der Waals surface area contributed by atoms with Gasteiger partial charge in [-0.05, 0) is 26.0 Å². The molecule has 0 aliphatic heterocycles. The Kier molecular flexibility index (Phi) is 4.52. The lowest BCUT2D eigenvalue weighted by Crippen LogP contribution is -2.27. The molecule has 1 heterocycles.